The van der Waals surface area contributed by atoms with Gasteiger partial charge in [0.05, 0.1) is 18.0 Å². The molecule has 1 aliphatic heterocycles. The van der Waals surface area contributed by atoms with E-state index in [9.17, 15) is 0 Å². The lowest BCUT2D eigenvalue weighted by atomic mass is 10.1. The van der Waals surface area contributed by atoms with Crippen molar-refractivity contribution in [2.24, 2.45) is 0 Å². The van der Waals surface area contributed by atoms with Crippen LogP contribution in [0.5, 0.6) is 0 Å². The summed E-state index contributed by atoms with van der Waals surface area (Å²) in [6.45, 7) is 7.07. The van der Waals surface area contributed by atoms with Crippen LogP contribution in [-0.4, -0.2) is 37.3 Å². The van der Waals surface area contributed by atoms with Crippen LogP contribution in [0.25, 0.3) is 0 Å². The summed E-state index contributed by atoms with van der Waals surface area (Å²) in [6.07, 6.45) is 7.85. The molecule has 1 aromatic heterocycles. The molecule has 0 radical (unpaired) electrons. The Balaban J connectivity index is 1.98. The zero-order chi connectivity index (χ0) is 14.4. The van der Waals surface area contributed by atoms with Crippen molar-refractivity contribution in [1.82, 2.24) is 10.3 Å². The van der Waals surface area contributed by atoms with Gasteiger partial charge in [-0.25, -0.2) is 0 Å². The summed E-state index contributed by atoms with van der Waals surface area (Å²) in [7, 11) is 2.13. The molecule has 1 unspecified atom stereocenters. The topological polar surface area (TPSA) is 37.4 Å². The maximum Gasteiger partial charge on any atom is 0.0749 e. The Morgan fingerprint density at radius 2 is 2.30 bits per heavy atom. The molecular weight excluding hydrogens is 250 g/mol. The molecule has 0 amide bonds. The molecule has 4 nitrogen and oxygen atoms in total. The average Bonchev–Trinajstić information content (AvgIpc) is 2.46. The van der Waals surface area contributed by atoms with Gasteiger partial charge in [0.1, 0.15) is 0 Å². The Kier molecular flexibility index (Phi) is 5.80. The number of nitrogens with one attached hydrogen (secondary N) is 1. The van der Waals surface area contributed by atoms with E-state index in [1.807, 2.05) is 12.4 Å². The number of pyridine rings is 1. The fourth-order valence-corrected chi connectivity index (χ4v) is 2.58. The van der Waals surface area contributed by atoms with Gasteiger partial charge in [-0.15, -0.1) is 0 Å². The number of likely N-dealkylation sites (N-methyl/N-ethyl adjacent to an activating group) is 1. The van der Waals surface area contributed by atoms with Gasteiger partial charge >= 0.3 is 0 Å². The molecule has 0 aromatic carbocycles. The van der Waals surface area contributed by atoms with Crippen molar-refractivity contribution in [2.75, 3.05) is 25.1 Å². The molecule has 0 spiro atoms. The van der Waals surface area contributed by atoms with Gasteiger partial charge in [-0.05, 0) is 30.9 Å². The molecule has 1 atom stereocenters. The minimum absolute atomic E-state index is 0.361. The Morgan fingerprint density at radius 1 is 1.45 bits per heavy atom. The minimum atomic E-state index is 0.361. The van der Waals surface area contributed by atoms with Crippen molar-refractivity contribution in [3.05, 3.63) is 24.0 Å². The molecule has 0 aliphatic carbocycles. The maximum atomic E-state index is 5.83. The van der Waals surface area contributed by atoms with Crippen LogP contribution in [0, 0.1) is 0 Å². The predicted octanol–water partition coefficient (Wildman–Crippen LogP) is 2.58. The highest BCUT2D eigenvalue weighted by Gasteiger charge is 2.17. The second-order valence-electron chi connectivity index (χ2n) is 5.91. The molecule has 1 fully saturated rings. The Hall–Kier alpha value is -1.13. The Morgan fingerprint density at radius 3 is 3.00 bits per heavy atom. The number of ether oxygens (including phenoxy) is 1. The van der Waals surface area contributed by atoms with Crippen molar-refractivity contribution < 1.29 is 4.74 Å². The molecule has 2 rings (SSSR count). The largest absolute Gasteiger partial charge is 0.376 e. The second-order valence-corrected chi connectivity index (χ2v) is 5.91. The average molecular weight is 277 g/mol. The fourth-order valence-electron chi connectivity index (χ4n) is 2.58. The summed E-state index contributed by atoms with van der Waals surface area (Å²) in [6, 6.07) is 2.59. The quantitative estimate of drug-likeness (QED) is 0.867. The molecule has 1 saturated heterocycles. The van der Waals surface area contributed by atoms with E-state index in [0.717, 1.165) is 19.7 Å². The molecule has 1 aromatic rings. The summed E-state index contributed by atoms with van der Waals surface area (Å²) >= 11 is 0. The van der Waals surface area contributed by atoms with Gasteiger partial charge in [0.15, 0.2) is 0 Å². The van der Waals surface area contributed by atoms with E-state index in [0.29, 0.717) is 12.1 Å². The van der Waals surface area contributed by atoms with Crippen molar-refractivity contribution in [3.8, 4) is 0 Å². The SMILES string of the molecule is CC(C)NCc1ccncc1N(C)CC1CCCCO1. The van der Waals surface area contributed by atoms with Gasteiger partial charge in [0.2, 0.25) is 0 Å². The van der Waals surface area contributed by atoms with Crippen LogP contribution in [0.2, 0.25) is 0 Å². The standard InChI is InChI=1S/C16H27N3O/c1-13(2)18-10-14-7-8-17-11-16(14)19(3)12-15-6-4-5-9-20-15/h7-8,11,13,15,18H,4-6,9-10,12H2,1-3H3. The monoisotopic (exact) mass is 277 g/mol. The molecule has 1 aliphatic rings. The first-order chi connectivity index (χ1) is 9.66. The third kappa shape index (κ3) is 4.46. The normalized spacial score (nSPS) is 19.3. The van der Waals surface area contributed by atoms with Crippen molar-refractivity contribution in [2.45, 2.75) is 51.8 Å². The summed E-state index contributed by atoms with van der Waals surface area (Å²) in [4.78, 5) is 6.55. The lowest BCUT2D eigenvalue weighted by molar-refractivity contribution is 0.0216. The van der Waals surface area contributed by atoms with Gasteiger partial charge in [-0.3, -0.25) is 4.98 Å². The van der Waals surface area contributed by atoms with Crippen LogP contribution in [0.1, 0.15) is 38.7 Å². The van der Waals surface area contributed by atoms with Gasteiger partial charge in [0.25, 0.3) is 0 Å². The van der Waals surface area contributed by atoms with E-state index in [-0.39, 0.29) is 0 Å². The smallest absolute Gasteiger partial charge is 0.0749 e. The summed E-state index contributed by atoms with van der Waals surface area (Å²) in [5.74, 6) is 0. The Labute approximate surface area is 122 Å². The van der Waals surface area contributed by atoms with Crippen LogP contribution in [0.3, 0.4) is 0 Å². The van der Waals surface area contributed by atoms with Gasteiger partial charge in [-0.1, -0.05) is 13.8 Å². The lowest BCUT2D eigenvalue weighted by Gasteiger charge is -2.29. The van der Waals surface area contributed by atoms with Gasteiger partial charge in [-0.2, -0.15) is 0 Å². The molecule has 20 heavy (non-hydrogen) atoms. The van der Waals surface area contributed by atoms with E-state index >= 15 is 0 Å². The molecular formula is C16H27N3O. The summed E-state index contributed by atoms with van der Waals surface area (Å²) in [5, 5.41) is 3.47. The van der Waals surface area contributed by atoms with Crippen LogP contribution >= 0.6 is 0 Å². The molecule has 2 heterocycles. The number of hydrogen-bond acceptors (Lipinski definition) is 4. The zero-order valence-electron chi connectivity index (χ0n) is 12.9. The van der Waals surface area contributed by atoms with E-state index < -0.39 is 0 Å². The maximum absolute atomic E-state index is 5.83. The van der Waals surface area contributed by atoms with Crippen molar-refractivity contribution in [3.63, 3.8) is 0 Å². The number of aromatic nitrogens is 1. The first-order valence-electron chi connectivity index (χ1n) is 7.66. The highest BCUT2D eigenvalue weighted by molar-refractivity contribution is 5.51. The number of rotatable bonds is 6. The van der Waals surface area contributed by atoms with Gasteiger partial charge < -0.3 is 15.0 Å². The molecule has 4 heteroatoms. The first kappa shape index (κ1) is 15.3. The van der Waals surface area contributed by atoms with Crippen molar-refractivity contribution >= 4 is 5.69 Å². The van der Waals surface area contributed by atoms with E-state index in [1.54, 1.807) is 0 Å². The summed E-state index contributed by atoms with van der Waals surface area (Å²) in [5.41, 5.74) is 2.50. The summed E-state index contributed by atoms with van der Waals surface area (Å²) < 4.78 is 5.83. The highest BCUT2D eigenvalue weighted by Crippen LogP contribution is 2.21. The zero-order valence-corrected chi connectivity index (χ0v) is 12.9. The highest BCUT2D eigenvalue weighted by atomic mass is 16.5. The van der Waals surface area contributed by atoms with Crippen LogP contribution in [-0.2, 0) is 11.3 Å². The molecule has 1 N–H and O–H groups in total. The minimum Gasteiger partial charge on any atom is -0.376 e. The number of hydrogen-bond donors (Lipinski definition) is 1. The molecule has 112 valence electrons. The van der Waals surface area contributed by atoms with E-state index in [1.165, 1.54) is 30.5 Å². The lowest BCUT2D eigenvalue weighted by Crippen LogP contribution is -2.34. The number of nitrogens with zero attached hydrogens (tertiary/aromatic N) is 2. The number of anilines is 1. The van der Waals surface area contributed by atoms with Crippen molar-refractivity contribution in [1.29, 1.82) is 0 Å². The molecule has 0 bridgehead atoms. The van der Waals surface area contributed by atoms with E-state index in [2.05, 4.69) is 42.2 Å². The fraction of sp³-hybridized carbons (Fsp3) is 0.688. The van der Waals surface area contributed by atoms with Crippen LogP contribution in [0.4, 0.5) is 5.69 Å². The third-order valence-electron chi connectivity index (χ3n) is 3.75. The Bertz CT molecular complexity index is 402. The molecule has 0 saturated carbocycles. The third-order valence-corrected chi connectivity index (χ3v) is 3.75. The first-order valence-corrected chi connectivity index (χ1v) is 7.66. The van der Waals surface area contributed by atoms with Crippen LogP contribution < -0.4 is 10.2 Å². The second kappa shape index (κ2) is 7.60. The predicted molar refractivity (Wildman–Crippen MR) is 83.1 cm³/mol. The van der Waals surface area contributed by atoms with E-state index in [4.69, 9.17) is 4.74 Å². The van der Waals surface area contributed by atoms with Crippen LogP contribution in [0.15, 0.2) is 18.5 Å². The van der Waals surface area contributed by atoms with Gasteiger partial charge in [0, 0.05) is 39.0 Å².